The van der Waals surface area contributed by atoms with Gasteiger partial charge < -0.3 is 5.32 Å². The monoisotopic (exact) mass is 336 g/mol. The zero-order valence-corrected chi connectivity index (χ0v) is 15.2. The van der Waals surface area contributed by atoms with Crippen LogP contribution in [0.2, 0.25) is 0 Å². The maximum absolute atomic E-state index is 12.5. The molecule has 1 amide bonds. The average molecular weight is 337 g/mol. The molecule has 23 heavy (non-hydrogen) atoms. The van der Waals surface area contributed by atoms with Crippen LogP contribution in [0.4, 0.5) is 0 Å². The summed E-state index contributed by atoms with van der Waals surface area (Å²) in [5, 5.41) is 3.04. The molecule has 1 fully saturated rings. The van der Waals surface area contributed by atoms with Gasteiger partial charge in [-0.05, 0) is 38.4 Å². The van der Waals surface area contributed by atoms with Crippen molar-refractivity contribution in [1.82, 2.24) is 10.2 Å². The number of amides is 1. The van der Waals surface area contributed by atoms with Crippen LogP contribution in [-0.4, -0.2) is 46.2 Å². The second-order valence-corrected chi connectivity index (χ2v) is 8.42. The molecule has 1 aromatic rings. The lowest BCUT2D eigenvalue weighted by Gasteiger charge is -2.38. The number of benzene rings is 1. The van der Waals surface area contributed by atoms with E-state index in [0.29, 0.717) is 5.75 Å². The van der Waals surface area contributed by atoms with Crippen molar-refractivity contribution in [3.63, 3.8) is 0 Å². The first-order valence-electron chi connectivity index (χ1n) is 8.26. The van der Waals surface area contributed by atoms with Crippen LogP contribution in [0.1, 0.15) is 32.3 Å². The summed E-state index contributed by atoms with van der Waals surface area (Å²) in [6.07, 6.45) is 3.41. The third-order valence-corrected chi connectivity index (χ3v) is 5.59. The standard InChI is InChI=1S/C18H28N2O2S/c1-15(14-23(3)22)19-17(21)18(2)9-11-20(12-10-18)13-16-7-5-4-6-8-16/h4-8,15H,9-14H2,1-3H3,(H,19,21)/t15-,23-/m1/s1. The van der Waals surface area contributed by atoms with Crippen molar-refractivity contribution >= 4 is 16.7 Å². The smallest absolute Gasteiger partial charge is 0.226 e. The first-order valence-corrected chi connectivity index (χ1v) is 9.99. The number of nitrogens with zero attached hydrogens (tertiary/aromatic N) is 1. The lowest BCUT2D eigenvalue weighted by atomic mass is 9.79. The van der Waals surface area contributed by atoms with Gasteiger partial charge in [0.1, 0.15) is 0 Å². The van der Waals surface area contributed by atoms with Gasteiger partial charge in [0, 0.05) is 40.8 Å². The highest BCUT2D eigenvalue weighted by Gasteiger charge is 2.37. The molecule has 0 saturated carbocycles. The highest BCUT2D eigenvalue weighted by atomic mass is 32.2. The Bertz CT molecular complexity index is 539. The summed E-state index contributed by atoms with van der Waals surface area (Å²) in [6, 6.07) is 10.4. The molecule has 128 valence electrons. The molecule has 1 N–H and O–H groups in total. The average Bonchev–Trinajstić information content (AvgIpc) is 2.50. The van der Waals surface area contributed by atoms with Gasteiger partial charge in [0.15, 0.2) is 0 Å². The van der Waals surface area contributed by atoms with Gasteiger partial charge in [-0.2, -0.15) is 0 Å². The van der Waals surface area contributed by atoms with Crippen molar-refractivity contribution in [3.05, 3.63) is 35.9 Å². The van der Waals surface area contributed by atoms with Crippen LogP contribution < -0.4 is 5.32 Å². The van der Waals surface area contributed by atoms with Gasteiger partial charge in [0.25, 0.3) is 0 Å². The first kappa shape index (κ1) is 18.1. The number of piperidine rings is 1. The van der Waals surface area contributed by atoms with Crippen LogP contribution in [0.3, 0.4) is 0 Å². The van der Waals surface area contributed by atoms with E-state index in [9.17, 15) is 9.00 Å². The lowest BCUT2D eigenvalue weighted by Crippen LogP contribution is -2.49. The van der Waals surface area contributed by atoms with E-state index in [0.717, 1.165) is 32.5 Å². The topological polar surface area (TPSA) is 49.4 Å². The maximum atomic E-state index is 12.5. The second-order valence-electron chi connectivity index (χ2n) is 6.94. The molecule has 0 bridgehead atoms. The van der Waals surface area contributed by atoms with Crippen molar-refractivity contribution in [2.24, 2.45) is 5.41 Å². The number of nitrogens with one attached hydrogen (secondary N) is 1. The molecule has 0 aromatic heterocycles. The van der Waals surface area contributed by atoms with Gasteiger partial charge in [-0.1, -0.05) is 37.3 Å². The summed E-state index contributed by atoms with van der Waals surface area (Å²) < 4.78 is 11.3. The summed E-state index contributed by atoms with van der Waals surface area (Å²) in [5.41, 5.74) is 1.01. The molecule has 2 atom stereocenters. The largest absolute Gasteiger partial charge is 0.352 e. The number of carbonyl (C=O) groups is 1. The fourth-order valence-corrected chi connectivity index (χ4v) is 3.85. The number of hydrogen-bond acceptors (Lipinski definition) is 3. The zero-order chi connectivity index (χ0) is 16.9. The fraction of sp³-hybridized carbons (Fsp3) is 0.611. The Kier molecular flexibility index (Phi) is 6.36. The van der Waals surface area contributed by atoms with Gasteiger partial charge >= 0.3 is 0 Å². The Balaban J connectivity index is 1.84. The predicted octanol–water partition coefficient (Wildman–Crippen LogP) is 2.17. The van der Waals surface area contributed by atoms with E-state index >= 15 is 0 Å². The minimum absolute atomic E-state index is 0.0347. The maximum Gasteiger partial charge on any atom is 0.226 e. The molecule has 1 heterocycles. The Morgan fingerprint density at radius 2 is 1.91 bits per heavy atom. The van der Waals surface area contributed by atoms with E-state index in [1.165, 1.54) is 5.56 Å². The Labute approximate surface area is 142 Å². The highest BCUT2D eigenvalue weighted by molar-refractivity contribution is 7.84. The molecular formula is C18H28N2O2S. The van der Waals surface area contributed by atoms with Crippen LogP contribution in [0.5, 0.6) is 0 Å². The van der Waals surface area contributed by atoms with E-state index in [1.807, 2.05) is 13.0 Å². The van der Waals surface area contributed by atoms with Crippen molar-refractivity contribution in [2.45, 2.75) is 39.3 Å². The minimum atomic E-state index is -0.882. The summed E-state index contributed by atoms with van der Waals surface area (Å²) in [7, 11) is -0.882. The van der Waals surface area contributed by atoms with Crippen LogP contribution in [0.25, 0.3) is 0 Å². The Hall–Kier alpha value is -1.20. The summed E-state index contributed by atoms with van der Waals surface area (Å²) in [5.74, 6) is 0.622. The van der Waals surface area contributed by atoms with E-state index < -0.39 is 10.8 Å². The van der Waals surface area contributed by atoms with E-state index in [2.05, 4.69) is 41.4 Å². The number of likely N-dealkylation sites (tertiary alicyclic amines) is 1. The molecule has 0 spiro atoms. The van der Waals surface area contributed by atoms with Crippen molar-refractivity contribution in [1.29, 1.82) is 0 Å². The lowest BCUT2D eigenvalue weighted by molar-refractivity contribution is -0.133. The highest BCUT2D eigenvalue weighted by Crippen LogP contribution is 2.31. The third-order valence-electron chi connectivity index (χ3n) is 4.62. The van der Waals surface area contributed by atoms with Crippen molar-refractivity contribution in [3.8, 4) is 0 Å². The molecule has 4 nitrogen and oxygen atoms in total. The predicted molar refractivity (Wildman–Crippen MR) is 95.6 cm³/mol. The van der Waals surface area contributed by atoms with Crippen LogP contribution in [-0.2, 0) is 22.1 Å². The Morgan fingerprint density at radius 1 is 1.30 bits per heavy atom. The molecule has 1 aromatic carbocycles. The quantitative estimate of drug-likeness (QED) is 0.866. The van der Waals surface area contributed by atoms with Crippen molar-refractivity contribution < 1.29 is 9.00 Å². The SMILES string of the molecule is C[C@H](C[S@@](C)=O)NC(=O)C1(C)CCN(Cc2ccccc2)CC1. The summed E-state index contributed by atoms with van der Waals surface area (Å²) in [4.78, 5) is 15.0. The molecular weight excluding hydrogens is 308 g/mol. The third kappa shape index (κ3) is 5.43. The molecule has 5 heteroatoms. The number of hydrogen-bond donors (Lipinski definition) is 1. The van der Waals surface area contributed by atoms with E-state index in [1.54, 1.807) is 6.26 Å². The van der Waals surface area contributed by atoms with Gasteiger partial charge in [0.2, 0.25) is 5.91 Å². The normalized spacial score (nSPS) is 20.7. The van der Waals surface area contributed by atoms with Gasteiger partial charge in [-0.15, -0.1) is 0 Å². The van der Waals surface area contributed by atoms with E-state index in [4.69, 9.17) is 0 Å². The molecule has 1 aliphatic rings. The van der Waals surface area contributed by atoms with Crippen LogP contribution in [0, 0.1) is 5.41 Å². The second kappa shape index (κ2) is 8.06. The molecule has 1 aliphatic heterocycles. The summed E-state index contributed by atoms with van der Waals surface area (Å²) >= 11 is 0. The molecule has 0 radical (unpaired) electrons. The zero-order valence-electron chi connectivity index (χ0n) is 14.4. The minimum Gasteiger partial charge on any atom is -0.352 e. The first-order chi connectivity index (χ1) is 10.9. The number of carbonyl (C=O) groups excluding carboxylic acids is 1. The molecule has 0 unspecified atom stereocenters. The van der Waals surface area contributed by atoms with Gasteiger partial charge in [-0.3, -0.25) is 13.9 Å². The fourth-order valence-electron chi connectivity index (χ4n) is 3.07. The van der Waals surface area contributed by atoms with Gasteiger partial charge in [0.05, 0.1) is 0 Å². The van der Waals surface area contributed by atoms with Crippen LogP contribution >= 0.6 is 0 Å². The molecule has 1 saturated heterocycles. The van der Waals surface area contributed by atoms with Crippen molar-refractivity contribution in [2.75, 3.05) is 25.1 Å². The molecule has 0 aliphatic carbocycles. The Morgan fingerprint density at radius 3 is 2.48 bits per heavy atom. The van der Waals surface area contributed by atoms with Crippen LogP contribution in [0.15, 0.2) is 30.3 Å². The molecule has 2 rings (SSSR count). The summed E-state index contributed by atoms with van der Waals surface area (Å²) in [6.45, 7) is 6.80. The van der Waals surface area contributed by atoms with E-state index in [-0.39, 0.29) is 17.4 Å². The number of rotatable bonds is 6. The van der Waals surface area contributed by atoms with Gasteiger partial charge in [-0.25, -0.2) is 0 Å².